The van der Waals surface area contributed by atoms with Crippen molar-refractivity contribution < 1.29 is 17.9 Å². The standard InChI is InChI=1S/C15H22F3NO/c1-14(2,3)19-10-6-7-11-20-13-9-5-4-8-12(13)15(16,17)18/h4-5,8-9,19H,6-7,10-11H2,1-3H3. The molecule has 0 spiro atoms. The van der Waals surface area contributed by atoms with Gasteiger partial charge in [-0.1, -0.05) is 12.1 Å². The molecule has 0 amide bonds. The summed E-state index contributed by atoms with van der Waals surface area (Å²) in [6, 6.07) is 5.31. The molecule has 2 nitrogen and oxygen atoms in total. The second-order valence-corrected chi connectivity index (χ2v) is 5.73. The highest BCUT2D eigenvalue weighted by Gasteiger charge is 2.33. The van der Waals surface area contributed by atoms with E-state index in [1.807, 2.05) is 0 Å². The van der Waals surface area contributed by atoms with Crippen molar-refractivity contribution in [3.8, 4) is 5.75 Å². The summed E-state index contributed by atoms with van der Waals surface area (Å²) in [5, 5.41) is 3.32. The normalized spacial score (nSPS) is 12.5. The molecule has 0 aliphatic rings. The number of ether oxygens (including phenoxy) is 1. The number of halogens is 3. The summed E-state index contributed by atoms with van der Waals surface area (Å²) in [6.45, 7) is 7.34. The zero-order chi connectivity index (χ0) is 15.2. The maximum absolute atomic E-state index is 12.7. The smallest absolute Gasteiger partial charge is 0.419 e. The van der Waals surface area contributed by atoms with Crippen LogP contribution in [0.2, 0.25) is 0 Å². The molecule has 1 aromatic rings. The van der Waals surface area contributed by atoms with Gasteiger partial charge in [-0.15, -0.1) is 0 Å². The largest absolute Gasteiger partial charge is 0.493 e. The van der Waals surface area contributed by atoms with E-state index in [1.165, 1.54) is 12.1 Å². The van der Waals surface area contributed by atoms with Gasteiger partial charge in [0.25, 0.3) is 0 Å². The Morgan fingerprint density at radius 2 is 1.70 bits per heavy atom. The third-order valence-electron chi connectivity index (χ3n) is 2.68. The zero-order valence-electron chi connectivity index (χ0n) is 12.2. The summed E-state index contributed by atoms with van der Waals surface area (Å²) in [4.78, 5) is 0. The van der Waals surface area contributed by atoms with Crippen LogP contribution in [0.5, 0.6) is 5.75 Å². The second-order valence-electron chi connectivity index (χ2n) is 5.73. The first-order chi connectivity index (χ1) is 9.20. The van der Waals surface area contributed by atoms with Gasteiger partial charge in [0.2, 0.25) is 0 Å². The van der Waals surface area contributed by atoms with Crippen LogP contribution in [0.3, 0.4) is 0 Å². The first-order valence-electron chi connectivity index (χ1n) is 6.74. The Morgan fingerprint density at radius 1 is 1.05 bits per heavy atom. The minimum Gasteiger partial charge on any atom is -0.493 e. The molecule has 0 bridgehead atoms. The number of alkyl halides is 3. The molecule has 0 radical (unpaired) electrons. The summed E-state index contributed by atoms with van der Waals surface area (Å²) < 4.78 is 43.4. The summed E-state index contributed by atoms with van der Waals surface area (Å²) in [6.07, 6.45) is -2.79. The quantitative estimate of drug-likeness (QED) is 0.790. The van der Waals surface area contributed by atoms with Gasteiger partial charge in [-0.25, -0.2) is 0 Å². The molecule has 0 saturated carbocycles. The molecule has 1 aromatic carbocycles. The van der Waals surface area contributed by atoms with E-state index in [0.717, 1.165) is 25.5 Å². The van der Waals surface area contributed by atoms with Crippen LogP contribution in [-0.2, 0) is 6.18 Å². The van der Waals surface area contributed by atoms with Gasteiger partial charge in [0.15, 0.2) is 0 Å². The van der Waals surface area contributed by atoms with Crippen LogP contribution < -0.4 is 10.1 Å². The molecule has 0 aromatic heterocycles. The Bertz CT molecular complexity index is 410. The average Bonchev–Trinajstić information content (AvgIpc) is 2.31. The lowest BCUT2D eigenvalue weighted by Crippen LogP contribution is -2.36. The van der Waals surface area contributed by atoms with Gasteiger partial charge in [-0.2, -0.15) is 13.2 Å². The summed E-state index contributed by atoms with van der Waals surface area (Å²) in [7, 11) is 0. The van der Waals surface area contributed by atoms with Crippen LogP contribution in [0.25, 0.3) is 0 Å². The fourth-order valence-electron chi connectivity index (χ4n) is 1.70. The van der Waals surface area contributed by atoms with Crippen molar-refractivity contribution in [1.29, 1.82) is 0 Å². The van der Waals surface area contributed by atoms with Crippen molar-refractivity contribution in [2.75, 3.05) is 13.2 Å². The van der Waals surface area contributed by atoms with Crippen molar-refractivity contribution in [2.24, 2.45) is 0 Å². The van der Waals surface area contributed by atoms with Crippen LogP contribution in [0.15, 0.2) is 24.3 Å². The highest BCUT2D eigenvalue weighted by Crippen LogP contribution is 2.35. The highest BCUT2D eigenvalue weighted by atomic mass is 19.4. The summed E-state index contributed by atoms with van der Waals surface area (Å²) >= 11 is 0. The van der Waals surface area contributed by atoms with Crippen LogP contribution in [0.4, 0.5) is 13.2 Å². The Hall–Kier alpha value is -1.23. The first-order valence-corrected chi connectivity index (χ1v) is 6.74. The Morgan fingerprint density at radius 3 is 2.30 bits per heavy atom. The monoisotopic (exact) mass is 289 g/mol. The SMILES string of the molecule is CC(C)(C)NCCCCOc1ccccc1C(F)(F)F. The van der Waals surface area contributed by atoms with Crippen molar-refractivity contribution in [3.63, 3.8) is 0 Å². The third-order valence-corrected chi connectivity index (χ3v) is 2.68. The van der Waals surface area contributed by atoms with E-state index in [-0.39, 0.29) is 11.3 Å². The molecule has 0 fully saturated rings. The van der Waals surface area contributed by atoms with Crippen molar-refractivity contribution in [3.05, 3.63) is 29.8 Å². The Labute approximate surface area is 118 Å². The zero-order valence-corrected chi connectivity index (χ0v) is 12.2. The number of hydrogen-bond acceptors (Lipinski definition) is 2. The van der Waals surface area contributed by atoms with Gasteiger partial charge in [-0.3, -0.25) is 0 Å². The molecular formula is C15H22F3NO. The number of hydrogen-bond donors (Lipinski definition) is 1. The molecule has 1 rings (SSSR count). The number of rotatable bonds is 6. The van der Waals surface area contributed by atoms with Gasteiger partial charge in [0.1, 0.15) is 5.75 Å². The van der Waals surface area contributed by atoms with Crippen LogP contribution in [-0.4, -0.2) is 18.7 Å². The lowest BCUT2D eigenvalue weighted by Gasteiger charge is -2.20. The minimum absolute atomic E-state index is 0.0593. The van der Waals surface area contributed by atoms with E-state index >= 15 is 0 Å². The first kappa shape index (κ1) is 16.8. The van der Waals surface area contributed by atoms with Gasteiger partial charge >= 0.3 is 6.18 Å². The fourth-order valence-corrected chi connectivity index (χ4v) is 1.70. The molecule has 0 saturated heterocycles. The number of unbranched alkanes of at least 4 members (excludes halogenated alkanes) is 1. The predicted octanol–water partition coefficient (Wildman–Crippen LogP) is 4.25. The van der Waals surface area contributed by atoms with Crippen molar-refractivity contribution in [1.82, 2.24) is 5.32 Å². The molecule has 20 heavy (non-hydrogen) atoms. The average molecular weight is 289 g/mol. The van der Waals surface area contributed by atoms with Crippen molar-refractivity contribution >= 4 is 0 Å². The summed E-state index contributed by atoms with van der Waals surface area (Å²) in [5.41, 5.74) is -0.656. The van der Waals surface area contributed by atoms with E-state index in [1.54, 1.807) is 6.07 Å². The van der Waals surface area contributed by atoms with E-state index in [0.29, 0.717) is 6.61 Å². The van der Waals surface area contributed by atoms with Gasteiger partial charge in [0, 0.05) is 5.54 Å². The molecule has 0 atom stereocenters. The fraction of sp³-hybridized carbons (Fsp3) is 0.600. The van der Waals surface area contributed by atoms with E-state index in [4.69, 9.17) is 4.74 Å². The Kier molecular flexibility index (Phi) is 5.87. The molecule has 0 aliphatic carbocycles. The lowest BCUT2D eigenvalue weighted by atomic mass is 10.1. The summed E-state index contributed by atoms with van der Waals surface area (Å²) in [5.74, 6) is -0.0937. The van der Waals surface area contributed by atoms with Crippen molar-refractivity contribution in [2.45, 2.75) is 45.3 Å². The van der Waals surface area contributed by atoms with Gasteiger partial charge < -0.3 is 10.1 Å². The second kappa shape index (κ2) is 6.97. The molecule has 0 heterocycles. The molecule has 1 N–H and O–H groups in total. The predicted molar refractivity (Wildman–Crippen MR) is 73.9 cm³/mol. The Balaban J connectivity index is 2.36. The van der Waals surface area contributed by atoms with Crippen LogP contribution in [0, 0.1) is 0 Å². The maximum Gasteiger partial charge on any atom is 0.419 e. The van der Waals surface area contributed by atoms with Crippen LogP contribution >= 0.6 is 0 Å². The molecule has 0 aliphatic heterocycles. The molecule has 0 unspecified atom stereocenters. The number of benzene rings is 1. The van der Waals surface area contributed by atoms with Gasteiger partial charge in [0.05, 0.1) is 12.2 Å². The van der Waals surface area contributed by atoms with Crippen LogP contribution in [0.1, 0.15) is 39.2 Å². The number of nitrogens with one attached hydrogen (secondary N) is 1. The third kappa shape index (κ3) is 6.28. The van der Waals surface area contributed by atoms with E-state index in [2.05, 4.69) is 26.1 Å². The maximum atomic E-state index is 12.7. The highest BCUT2D eigenvalue weighted by molar-refractivity contribution is 5.35. The lowest BCUT2D eigenvalue weighted by molar-refractivity contribution is -0.138. The molecule has 114 valence electrons. The van der Waals surface area contributed by atoms with E-state index in [9.17, 15) is 13.2 Å². The topological polar surface area (TPSA) is 21.3 Å². The van der Waals surface area contributed by atoms with Gasteiger partial charge in [-0.05, 0) is 52.3 Å². The molecule has 5 heteroatoms. The molecular weight excluding hydrogens is 267 g/mol. The minimum atomic E-state index is -4.37. The van der Waals surface area contributed by atoms with E-state index < -0.39 is 11.7 Å². The number of para-hydroxylation sites is 1.